The van der Waals surface area contributed by atoms with Crippen LogP contribution in [0.2, 0.25) is 0 Å². The lowest BCUT2D eigenvalue weighted by Gasteiger charge is -2.35. The van der Waals surface area contributed by atoms with Crippen LogP contribution in [0.5, 0.6) is 0 Å². The number of benzene rings is 2. The van der Waals surface area contributed by atoms with Crippen LogP contribution >= 0.6 is 0 Å². The minimum absolute atomic E-state index is 0.0617. The Balaban J connectivity index is 1.58. The molecule has 2 aromatic carbocycles. The lowest BCUT2D eigenvalue weighted by Crippen LogP contribution is -2.49. The van der Waals surface area contributed by atoms with Crippen LogP contribution in [0.25, 0.3) is 11.1 Å². The van der Waals surface area contributed by atoms with Crippen molar-refractivity contribution in [1.29, 1.82) is 0 Å². The number of piperazine rings is 1. The summed E-state index contributed by atoms with van der Waals surface area (Å²) in [7, 11) is 0. The molecule has 0 unspecified atom stereocenters. The highest BCUT2D eigenvalue weighted by molar-refractivity contribution is 5.95. The zero-order valence-corrected chi connectivity index (χ0v) is 20.8. The molecule has 6 heteroatoms. The van der Waals surface area contributed by atoms with Gasteiger partial charge in [-0.3, -0.25) is 9.69 Å². The summed E-state index contributed by atoms with van der Waals surface area (Å²) in [6.45, 7) is 15.4. The van der Waals surface area contributed by atoms with Crippen molar-refractivity contribution in [3.05, 3.63) is 59.7 Å². The first-order valence-electron chi connectivity index (χ1n) is 11.6. The van der Waals surface area contributed by atoms with Crippen molar-refractivity contribution in [2.75, 3.05) is 26.2 Å². The van der Waals surface area contributed by atoms with Crippen LogP contribution in [0.4, 0.5) is 4.79 Å². The first-order valence-corrected chi connectivity index (χ1v) is 11.6. The number of hydrogen-bond donors (Lipinski definition) is 1. The van der Waals surface area contributed by atoms with Gasteiger partial charge in [0.15, 0.2) is 0 Å². The number of amides is 2. The SMILES string of the molecule is CC(C)(C)NC(=O)c1ccc(-c2cccc(CN3CCN(C(=O)OC(C)(C)C)CC3)c2)cc1. The fraction of sp³-hybridized carbons (Fsp3) is 0.481. The molecule has 0 radical (unpaired) electrons. The van der Waals surface area contributed by atoms with Gasteiger partial charge in [-0.15, -0.1) is 0 Å². The third-order valence-electron chi connectivity index (χ3n) is 5.33. The number of rotatable bonds is 4. The van der Waals surface area contributed by atoms with Crippen molar-refractivity contribution in [2.45, 2.75) is 59.2 Å². The van der Waals surface area contributed by atoms with E-state index in [-0.39, 0.29) is 17.5 Å². The van der Waals surface area contributed by atoms with Gasteiger partial charge in [0.1, 0.15) is 5.60 Å². The molecule has 6 nitrogen and oxygen atoms in total. The van der Waals surface area contributed by atoms with Crippen LogP contribution in [0.15, 0.2) is 48.5 Å². The molecule has 1 fully saturated rings. The molecule has 1 heterocycles. The topological polar surface area (TPSA) is 61.9 Å². The molecule has 1 N–H and O–H groups in total. The van der Waals surface area contributed by atoms with E-state index in [1.54, 1.807) is 4.90 Å². The molecule has 0 atom stereocenters. The summed E-state index contributed by atoms with van der Waals surface area (Å²) in [4.78, 5) is 28.8. The van der Waals surface area contributed by atoms with E-state index >= 15 is 0 Å². The molecule has 0 bridgehead atoms. The normalized spacial score (nSPS) is 15.3. The molecule has 0 saturated carbocycles. The second-order valence-corrected chi connectivity index (χ2v) is 10.7. The van der Waals surface area contributed by atoms with Crippen molar-refractivity contribution >= 4 is 12.0 Å². The second-order valence-electron chi connectivity index (χ2n) is 10.7. The molecule has 1 aliphatic rings. The van der Waals surface area contributed by atoms with Gasteiger partial charge in [-0.25, -0.2) is 4.79 Å². The Morgan fingerprint density at radius 2 is 1.52 bits per heavy atom. The summed E-state index contributed by atoms with van der Waals surface area (Å²) in [5.74, 6) is -0.0617. The molecule has 178 valence electrons. The quantitative estimate of drug-likeness (QED) is 0.716. The van der Waals surface area contributed by atoms with Crippen molar-refractivity contribution < 1.29 is 14.3 Å². The second kappa shape index (κ2) is 9.96. The van der Waals surface area contributed by atoms with Crippen molar-refractivity contribution in [3.63, 3.8) is 0 Å². The average Bonchev–Trinajstić information content (AvgIpc) is 2.72. The zero-order valence-electron chi connectivity index (χ0n) is 20.8. The smallest absolute Gasteiger partial charge is 0.410 e. The van der Waals surface area contributed by atoms with E-state index in [4.69, 9.17) is 4.74 Å². The Morgan fingerprint density at radius 3 is 2.09 bits per heavy atom. The third-order valence-corrected chi connectivity index (χ3v) is 5.33. The van der Waals surface area contributed by atoms with Crippen molar-refractivity contribution in [1.82, 2.24) is 15.1 Å². The molecule has 33 heavy (non-hydrogen) atoms. The minimum atomic E-state index is -0.469. The van der Waals surface area contributed by atoms with Gasteiger partial charge in [0, 0.05) is 43.8 Å². The number of ether oxygens (including phenoxy) is 1. The van der Waals surface area contributed by atoms with E-state index in [2.05, 4.69) is 34.5 Å². The Labute approximate surface area is 197 Å². The van der Waals surface area contributed by atoms with Gasteiger partial charge >= 0.3 is 6.09 Å². The molecule has 0 aliphatic carbocycles. The van der Waals surface area contributed by atoms with Gasteiger partial charge in [0.2, 0.25) is 0 Å². The molecule has 0 spiro atoms. The molecule has 1 aliphatic heterocycles. The fourth-order valence-corrected chi connectivity index (χ4v) is 3.75. The van der Waals surface area contributed by atoms with E-state index in [1.807, 2.05) is 65.8 Å². The summed E-state index contributed by atoms with van der Waals surface area (Å²) in [5.41, 5.74) is 3.37. The molecule has 3 rings (SSSR count). The molecule has 1 saturated heterocycles. The van der Waals surface area contributed by atoms with Gasteiger partial charge in [-0.2, -0.15) is 0 Å². The number of hydrogen-bond acceptors (Lipinski definition) is 4. The van der Waals surface area contributed by atoms with E-state index in [0.29, 0.717) is 18.7 Å². The maximum atomic E-state index is 12.4. The molecule has 0 aromatic heterocycles. The van der Waals surface area contributed by atoms with Crippen LogP contribution in [0.3, 0.4) is 0 Å². The maximum absolute atomic E-state index is 12.4. The van der Waals surface area contributed by atoms with Gasteiger partial charge in [-0.1, -0.05) is 30.3 Å². The van der Waals surface area contributed by atoms with Gasteiger partial charge in [0.25, 0.3) is 5.91 Å². The Kier molecular flexibility index (Phi) is 7.48. The van der Waals surface area contributed by atoms with E-state index in [0.717, 1.165) is 30.8 Å². The Morgan fingerprint density at radius 1 is 0.879 bits per heavy atom. The van der Waals surface area contributed by atoms with Crippen LogP contribution < -0.4 is 5.32 Å². The van der Waals surface area contributed by atoms with Crippen LogP contribution in [0.1, 0.15) is 57.5 Å². The third kappa shape index (κ3) is 7.60. The number of carbonyl (C=O) groups excluding carboxylic acids is 2. The molecule has 2 amide bonds. The molecule has 2 aromatic rings. The summed E-state index contributed by atoms with van der Waals surface area (Å²) < 4.78 is 5.49. The highest BCUT2D eigenvalue weighted by atomic mass is 16.6. The summed E-state index contributed by atoms with van der Waals surface area (Å²) in [6, 6.07) is 16.2. The van der Waals surface area contributed by atoms with E-state index in [9.17, 15) is 9.59 Å². The molecular weight excluding hydrogens is 414 g/mol. The van der Waals surface area contributed by atoms with Crippen molar-refractivity contribution in [3.8, 4) is 11.1 Å². The van der Waals surface area contributed by atoms with Gasteiger partial charge in [-0.05, 0) is 76.4 Å². The van der Waals surface area contributed by atoms with Crippen LogP contribution in [-0.2, 0) is 11.3 Å². The lowest BCUT2D eigenvalue weighted by molar-refractivity contribution is 0.0139. The number of nitrogens with zero attached hydrogens (tertiary/aromatic N) is 2. The highest BCUT2D eigenvalue weighted by Gasteiger charge is 2.25. The van der Waals surface area contributed by atoms with Crippen LogP contribution in [-0.4, -0.2) is 59.1 Å². The Bertz CT molecular complexity index is 963. The summed E-state index contributed by atoms with van der Waals surface area (Å²) >= 11 is 0. The average molecular weight is 452 g/mol. The number of nitrogens with one attached hydrogen (secondary N) is 1. The number of carbonyl (C=O) groups is 2. The largest absolute Gasteiger partial charge is 0.444 e. The predicted octanol–water partition coefficient (Wildman–Crippen LogP) is 4.93. The molecular formula is C27H37N3O3. The zero-order chi connectivity index (χ0) is 24.2. The first kappa shape index (κ1) is 24.8. The van der Waals surface area contributed by atoms with Crippen molar-refractivity contribution in [2.24, 2.45) is 0 Å². The predicted molar refractivity (Wildman–Crippen MR) is 132 cm³/mol. The lowest BCUT2D eigenvalue weighted by atomic mass is 10.0. The van der Waals surface area contributed by atoms with E-state index < -0.39 is 5.60 Å². The summed E-state index contributed by atoms with van der Waals surface area (Å²) in [6.07, 6.45) is -0.233. The van der Waals surface area contributed by atoms with E-state index in [1.165, 1.54) is 5.56 Å². The Hall–Kier alpha value is -2.86. The first-order chi connectivity index (χ1) is 15.4. The standard InChI is InChI=1S/C27H37N3O3/c1-26(2,3)28-24(31)22-12-10-21(11-13-22)23-9-7-8-20(18-23)19-29-14-16-30(17-15-29)25(32)33-27(4,5)6/h7-13,18H,14-17,19H2,1-6H3,(H,28,31). The fourth-order valence-electron chi connectivity index (χ4n) is 3.75. The van der Waals surface area contributed by atoms with Gasteiger partial charge < -0.3 is 15.0 Å². The monoisotopic (exact) mass is 451 g/mol. The van der Waals surface area contributed by atoms with Crippen LogP contribution in [0, 0.1) is 0 Å². The minimum Gasteiger partial charge on any atom is -0.444 e. The summed E-state index contributed by atoms with van der Waals surface area (Å²) in [5, 5.41) is 2.99. The van der Waals surface area contributed by atoms with Gasteiger partial charge in [0.05, 0.1) is 0 Å². The maximum Gasteiger partial charge on any atom is 0.410 e. The highest BCUT2D eigenvalue weighted by Crippen LogP contribution is 2.22.